The molecule has 1 N–H and O–H groups in total. The van der Waals surface area contributed by atoms with Gasteiger partial charge in [-0.3, -0.25) is 4.79 Å². The zero-order valence-electron chi connectivity index (χ0n) is 15.7. The van der Waals surface area contributed by atoms with E-state index in [0.717, 1.165) is 34.7 Å². The Labute approximate surface area is 178 Å². The number of furan rings is 1. The molecule has 1 amide bonds. The summed E-state index contributed by atoms with van der Waals surface area (Å²) in [6, 6.07) is 13.9. The smallest absolute Gasteiger partial charge is 0.287 e. The predicted molar refractivity (Wildman–Crippen MR) is 114 cm³/mol. The molecular formula is C21H21BrN2O4S. The van der Waals surface area contributed by atoms with Gasteiger partial charge in [0, 0.05) is 29.5 Å². The van der Waals surface area contributed by atoms with Gasteiger partial charge in [0.25, 0.3) is 5.91 Å². The highest BCUT2D eigenvalue weighted by Crippen LogP contribution is 2.24. The number of sulfonamides is 1. The van der Waals surface area contributed by atoms with Gasteiger partial charge in [0.05, 0.1) is 4.90 Å². The molecule has 0 bridgehead atoms. The summed E-state index contributed by atoms with van der Waals surface area (Å²) in [5.74, 6) is -0.0790. The van der Waals surface area contributed by atoms with Gasteiger partial charge in [0.2, 0.25) is 10.0 Å². The molecule has 2 aromatic carbocycles. The van der Waals surface area contributed by atoms with Crippen LogP contribution in [-0.4, -0.2) is 31.7 Å². The molecule has 1 aromatic heterocycles. The molecule has 2 heterocycles. The Hall–Kier alpha value is -2.16. The van der Waals surface area contributed by atoms with E-state index in [9.17, 15) is 13.2 Å². The van der Waals surface area contributed by atoms with Gasteiger partial charge in [-0.2, -0.15) is 4.31 Å². The first kappa shape index (κ1) is 20.1. The quantitative estimate of drug-likeness (QED) is 0.595. The van der Waals surface area contributed by atoms with Crippen molar-refractivity contribution in [3.63, 3.8) is 0 Å². The normalized spacial score (nSPS) is 15.5. The first-order chi connectivity index (χ1) is 13.9. The van der Waals surface area contributed by atoms with Gasteiger partial charge in [0.1, 0.15) is 5.58 Å². The summed E-state index contributed by atoms with van der Waals surface area (Å²) in [6.45, 7) is 1.44. The number of hydrogen-bond donors (Lipinski definition) is 1. The van der Waals surface area contributed by atoms with Crippen molar-refractivity contribution in [1.82, 2.24) is 9.62 Å². The summed E-state index contributed by atoms with van der Waals surface area (Å²) in [4.78, 5) is 12.7. The number of amides is 1. The highest BCUT2D eigenvalue weighted by atomic mass is 79.9. The number of carbonyl (C=O) groups is 1. The number of nitrogens with one attached hydrogen (secondary N) is 1. The molecular weight excluding hydrogens is 456 g/mol. The summed E-state index contributed by atoms with van der Waals surface area (Å²) in [7, 11) is -3.44. The fourth-order valence-electron chi connectivity index (χ4n) is 3.43. The first-order valence-corrected chi connectivity index (χ1v) is 11.7. The summed E-state index contributed by atoms with van der Waals surface area (Å²) < 4.78 is 33.4. The van der Waals surface area contributed by atoms with E-state index in [4.69, 9.17) is 4.42 Å². The van der Waals surface area contributed by atoms with E-state index in [1.54, 1.807) is 40.7 Å². The van der Waals surface area contributed by atoms with E-state index in [1.165, 1.54) is 0 Å². The van der Waals surface area contributed by atoms with Crippen LogP contribution in [0.3, 0.4) is 0 Å². The van der Waals surface area contributed by atoms with Crippen LogP contribution in [0.15, 0.2) is 62.3 Å². The second-order valence-electron chi connectivity index (χ2n) is 7.08. The number of carbonyl (C=O) groups excluding carboxylic acids is 1. The monoisotopic (exact) mass is 476 g/mol. The van der Waals surface area contributed by atoms with Crippen molar-refractivity contribution in [2.24, 2.45) is 0 Å². The molecule has 0 aliphatic carbocycles. The topological polar surface area (TPSA) is 79.6 Å². The fraction of sp³-hybridized carbons (Fsp3) is 0.286. The molecule has 1 aliphatic rings. The summed E-state index contributed by atoms with van der Waals surface area (Å²) >= 11 is 3.40. The average molecular weight is 477 g/mol. The second kappa shape index (κ2) is 8.30. The maximum absolute atomic E-state index is 12.7. The van der Waals surface area contributed by atoms with Crippen LogP contribution >= 0.6 is 15.9 Å². The molecule has 4 rings (SSSR count). The molecule has 0 unspecified atom stereocenters. The van der Waals surface area contributed by atoms with E-state index in [0.29, 0.717) is 18.7 Å². The maximum Gasteiger partial charge on any atom is 0.287 e. The van der Waals surface area contributed by atoms with Crippen molar-refractivity contribution in [1.29, 1.82) is 0 Å². The standard InChI is InChI=1S/C21H21BrN2O4S/c22-17-6-9-19-16(12-17)13-20(28-19)21(25)23-14-15-4-7-18(8-5-15)29(26,27)24-10-2-1-3-11-24/h4-9,12-13H,1-3,10-11,14H2,(H,23,25). The number of halogens is 1. The Balaban J connectivity index is 1.41. The van der Waals surface area contributed by atoms with Gasteiger partial charge in [0.15, 0.2) is 5.76 Å². The van der Waals surface area contributed by atoms with Gasteiger partial charge in [-0.15, -0.1) is 0 Å². The van der Waals surface area contributed by atoms with Gasteiger partial charge in [-0.1, -0.05) is 34.5 Å². The largest absolute Gasteiger partial charge is 0.451 e. The lowest BCUT2D eigenvalue weighted by molar-refractivity contribution is 0.0925. The van der Waals surface area contributed by atoms with Crippen LogP contribution in [0.25, 0.3) is 11.0 Å². The SMILES string of the molecule is O=C(NCc1ccc(S(=O)(=O)N2CCCCC2)cc1)c1cc2cc(Br)ccc2o1. The van der Waals surface area contributed by atoms with E-state index < -0.39 is 10.0 Å². The molecule has 29 heavy (non-hydrogen) atoms. The van der Waals surface area contributed by atoms with E-state index >= 15 is 0 Å². The van der Waals surface area contributed by atoms with Crippen LogP contribution < -0.4 is 5.32 Å². The minimum atomic E-state index is -3.44. The zero-order chi connectivity index (χ0) is 20.4. The Morgan fingerprint density at radius 1 is 1.03 bits per heavy atom. The predicted octanol–water partition coefficient (Wildman–Crippen LogP) is 4.30. The number of hydrogen-bond acceptors (Lipinski definition) is 4. The Morgan fingerprint density at radius 2 is 1.76 bits per heavy atom. The van der Waals surface area contributed by atoms with Gasteiger partial charge >= 0.3 is 0 Å². The van der Waals surface area contributed by atoms with Crippen LogP contribution in [0, 0.1) is 0 Å². The third-order valence-electron chi connectivity index (χ3n) is 5.03. The third-order valence-corrected chi connectivity index (χ3v) is 7.44. The molecule has 3 aromatic rings. The van der Waals surface area contributed by atoms with Gasteiger partial charge < -0.3 is 9.73 Å². The molecule has 0 radical (unpaired) electrons. The number of piperidine rings is 1. The van der Waals surface area contributed by atoms with Crippen LogP contribution in [0.2, 0.25) is 0 Å². The zero-order valence-corrected chi connectivity index (χ0v) is 18.1. The van der Waals surface area contributed by atoms with Crippen molar-refractivity contribution in [3.05, 3.63) is 64.3 Å². The fourth-order valence-corrected chi connectivity index (χ4v) is 5.33. The molecule has 0 atom stereocenters. The minimum absolute atomic E-state index is 0.238. The van der Waals surface area contributed by atoms with Gasteiger partial charge in [-0.25, -0.2) is 8.42 Å². The third kappa shape index (κ3) is 4.39. The molecule has 1 fully saturated rings. The number of rotatable bonds is 5. The number of fused-ring (bicyclic) bond motifs is 1. The van der Waals surface area contributed by atoms with Crippen molar-refractivity contribution < 1.29 is 17.6 Å². The van der Waals surface area contributed by atoms with Crippen LogP contribution in [-0.2, 0) is 16.6 Å². The minimum Gasteiger partial charge on any atom is -0.451 e. The lowest BCUT2D eigenvalue weighted by Crippen LogP contribution is -2.35. The van der Waals surface area contributed by atoms with Crippen LogP contribution in [0.4, 0.5) is 0 Å². The number of nitrogens with zero attached hydrogens (tertiary/aromatic N) is 1. The highest BCUT2D eigenvalue weighted by molar-refractivity contribution is 9.10. The highest BCUT2D eigenvalue weighted by Gasteiger charge is 2.25. The van der Waals surface area contributed by atoms with E-state index in [1.807, 2.05) is 12.1 Å². The van der Waals surface area contributed by atoms with Crippen molar-refractivity contribution >= 4 is 42.8 Å². The molecule has 0 saturated carbocycles. The maximum atomic E-state index is 12.7. The van der Waals surface area contributed by atoms with Crippen molar-refractivity contribution in [3.8, 4) is 0 Å². The van der Waals surface area contributed by atoms with Gasteiger partial charge in [-0.05, 0) is 54.8 Å². The Morgan fingerprint density at radius 3 is 2.48 bits per heavy atom. The molecule has 1 saturated heterocycles. The molecule has 8 heteroatoms. The molecule has 0 spiro atoms. The lowest BCUT2D eigenvalue weighted by atomic mass is 10.2. The van der Waals surface area contributed by atoms with Crippen molar-refractivity contribution in [2.75, 3.05) is 13.1 Å². The average Bonchev–Trinajstić information content (AvgIpc) is 3.16. The Bertz CT molecular complexity index is 1130. The molecule has 1 aliphatic heterocycles. The molecule has 6 nitrogen and oxygen atoms in total. The van der Waals surface area contributed by atoms with E-state index in [2.05, 4.69) is 21.2 Å². The number of benzene rings is 2. The summed E-state index contributed by atoms with van der Waals surface area (Å²) in [5, 5.41) is 3.65. The Kier molecular flexibility index (Phi) is 5.76. The first-order valence-electron chi connectivity index (χ1n) is 9.50. The second-order valence-corrected chi connectivity index (χ2v) is 9.94. The lowest BCUT2D eigenvalue weighted by Gasteiger charge is -2.25. The summed E-state index contributed by atoms with van der Waals surface area (Å²) in [5.41, 5.74) is 1.46. The molecule has 152 valence electrons. The van der Waals surface area contributed by atoms with Crippen LogP contribution in [0.1, 0.15) is 35.4 Å². The van der Waals surface area contributed by atoms with Crippen molar-refractivity contribution in [2.45, 2.75) is 30.7 Å². The summed E-state index contributed by atoms with van der Waals surface area (Å²) in [6.07, 6.45) is 2.89. The van der Waals surface area contributed by atoms with E-state index in [-0.39, 0.29) is 23.1 Å². The van der Waals surface area contributed by atoms with Crippen LogP contribution in [0.5, 0.6) is 0 Å².